The molecule has 1 aromatic heterocycles. The molecule has 1 N–H and O–H groups in total. The molecule has 1 heterocycles. The summed E-state index contributed by atoms with van der Waals surface area (Å²) in [7, 11) is 0. The molecule has 2 aromatic rings. The molecule has 0 spiro atoms. The van der Waals surface area contributed by atoms with Crippen LogP contribution in [-0.2, 0) is 4.79 Å². The second-order valence-corrected chi connectivity index (χ2v) is 7.83. The minimum absolute atomic E-state index is 0.783. The number of fused-ring (bicyclic) bond motifs is 1. The zero-order valence-electron chi connectivity index (χ0n) is 9.23. The predicted molar refractivity (Wildman–Crippen MR) is 74.9 cm³/mol. The summed E-state index contributed by atoms with van der Waals surface area (Å²) < 4.78 is 1.97. The first kappa shape index (κ1) is 12.9. The van der Waals surface area contributed by atoms with Gasteiger partial charge in [-0.2, -0.15) is 0 Å². The van der Waals surface area contributed by atoms with E-state index in [9.17, 15) is 4.79 Å². The maximum atomic E-state index is 11.0. The molecule has 0 aliphatic heterocycles. The number of benzene rings is 1. The van der Waals surface area contributed by atoms with Gasteiger partial charge in [0, 0.05) is 4.47 Å². The highest BCUT2D eigenvalue weighted by Gasteiger charge is 2.29. The van der Waals surface area contributed by atoms with Crippen LogP contribution < -0.4 is 0 Å². The highest BCUT2D eigenvalue weighted by molar-refractivity contribution is 9.10. The van der Waals surface area contributed by atoms with Crippen LogP contribution in [0.15, 0.2) is 27.0 Å². The highest BCUT2D eigenvalue weighted by atomic mass is 79.9. The molecule has 0 bridgehead atoms. The number of aliphatic carboxylic acids is 1. The number of carbonyl (C=O) groups is 1. The van der Waals surface area contributed by atoms with Gasteiger partial charge in [-0.05, 0) is 32.0 Å². The minimum atomic E-state index is -0.856. The molecule has 0 aliphatic carbocycles. The van der Waals surface area contributed by atoms with Crippen molar-refractivity contribution < 1.29 is 9.90 Å². The van der Waals surface area contributed by atoms with Crippen molar-refractivity contribution in [3.8, 4) is 0 Å². The Kier molecular flexibility index (Phi) is 3.47. The van der Waals surface area contributed by atoms with Crippen LogP contribution in [0.25, 0.3) is 10.2 Å². The first-order chi connectivity index (χ1) is 7.88. The topological polar surface area (TPSA) is 50.2 Å². The summed E-state index contributed by atoms with van der Waals surface area (Å²) in [4.78, 5) is 15.5. The van der Waals surface area contributed by atoms with Crippen LogP contribution in [0.3, 0.4) is 0 Å². The van der Waals surface area contributed by atoms with Gasteiger partial charge in [0.25, 0.3) is 0 Å². The number of aromatic nitrogens is 1. The maximum absolute atomic E-state index is 11.0. The first-order valence-corrected chi connectivity index (χ1v) is 7.29. The average molecular weight is 332 g/mol. The number of rotatable bonds is 3. The van der Waals surface area contributed by atoms with E-state index in [1.807, 2.05) is 18.2 Å². The molecule has 0 amide bonds. The molecule has 0 saturated carbocycles. The minimum Gasteiger partial charge on any atom is -0.480 e. The summed E-state index contributed by atoms with van der Waals surface area (Å²) in [6, 6.07) is 5.87. The fraction of sp³-hybridized carbons (Fsp3) is 0.273. The number of thiazole rings is 1. The lowest BCUT2D eigenvalue weighted by atomic mass is 10.2. The van der Waals surface area contributed by atoms with Crippen molar-refractivity contribution in [2.45, 2.75) is 22.9 Å². The van der Waals surface area contributed by atoms with E-state index < -0.39 is 10.7 Å². The van der Waals surface area contributed by atoms with Gasteiger partial charge < -0.3 is 5.11 Å². The molecule has 0 fully saturated rings. The SMILES string of the molecule is CC(C)(Sc1nc2cc(Br)ccc2s1)C(=O)O. The van der Waals surface area contributed by atoms with Crippen molar-refractivity contribution in [1.29, 1.82) is 0 Å². The molecule has 0 radical (unpaired) electrons. The Hall–Kier alpha value is -0.590. The standard InChI is InChI=1S/C11H10BrNO2S2/c1-11(2,9(14)15)17-10-13-7-5-6(12)3-4-8(7)16-10/h3-5H,1-2H3,(H,14,15). The number of hydrogen-bond donors (Lipinski definition) is 1. The largest absolute Gasteiger partial charge is 0.480 e. The number of nitrogens with zero attached hydrogens (tertiary/aromatic N) is 1. The second-order valence-electron chi connectivity index (χ2n) is 4.01. The van der Waals surface area contributed by atoms with Crippen LogP contribution in [0.2, 0.25) is 0 Å². The molecule has 17 heavy (non-hydrogen) atoms. The van der Waals surface area contributed by atoms with Crippen LogP contribution >= 0.6 is 39.0 Å². The Morgan fingerprint density at radius 2 is 2.24 bits per heavy atom. The van der Waals surface area contributed by atoms with Gasteiger partial charge in [0.15, 0.2) is 4.34 Å². The molecule has 0 atom stereocenters. The van der Waals surface area contributed by atoms with Gasteiger partial charge in [0.05, 0.1) is 10.2 Å². The molecule has 0 aliphatic rings. The molecule has 0 saturated heterocycles. The summed E-state index contributed by atoms with van der Waals surface area (Å²) >= 11 is 6.19. The zero-order chi connectivity index (χ0) is 12.6. The quantitative estimate of drug-likeness (QED) is 0.863. The van der Waals surface area contributed by atoms with E-state index >= 15 is 0 Å². The first-order valence-electron chi connectivity index (χ1n) is 4.87. The highest BCUT2D eigenvalue weighted by Crippen LogP contribution is 2.38. The molecule has 1 aromatic carbocycles. The molecule has 0 unspecified atom stereocenters. The lowest BCUT2D eigenvalue weighted by Crippen LogP contribution is -2.26. The van der Waals surface area contributed by atoms with Crippen LogP contribution in [0.4, 0.5) is 0 Å². The predicted octanol–water partition coefficient (Wildman–Crippen LogP) is 4.01. The lowest BCUT2D eigenvalue weighted by Gasteiger charge is -2.15. The second kappa shape index (κ2) is 4.59. The monoisotopic (exact) mass is 331 g/mol. The van der Waals surface area contributed by atoms with Crippen molar-refractivity contribution in [3.05, 3.63) is 22.7 Å². The molecule has 90 valence electrons. The van der Waals surface area contributed by atoms with E-state index in [1.54, 1.807) is 13.8 Å². The van der Waals surface area contributed by atoms with Gasteiger partial charge in [-0.25, -0.2) is 4.98 Å². The summed E-state index contributed by atoms with van der Waals surface area (Å²) in [5, 5.41) is 9.07. The lowest BCUT2D eigenvalue weighted by molar-refractivity contribution is -0.138. The summed E-state index contributed by atoms with van der Waals surface area (Å²) in [5.41, 5.74) is 0.896. The van der Waals surface area contributed by atoms with Crippen LogP contribution in [0.5, 0.6) is 0 Å². The third-order valence-electron chi connectivity index (χ3n) is 2.19. The maximum Gasteiger partial charge on any atom is 0.319 e. The van der Waals surface area contributed by atoms with Gasteiger partial charge in [-0.3, -0.25) is 4.79 Å². The Morgan fingerprint density at radius 3 is 2.88 bits per heavy atom. The number of halogens is 1. The van der Waals surface area contributed by atoms with E-state index in [0.29, 0.717) is 0 Å². The molecule has 2 rings (SSSR count). The number of carboxylic acids is 1. The van der Waals surface area contributed by atoms with Crippen molar-refractivity contribution in [2.24, 2.45) is 0 Å². The smallest absolute Gasteiger partial charge is 0.319 e. The van der Waals surface area contributed by atoms with E-state index in [2.05, 4.69) is 20.9 Å². The summed E-state index contributed by atoms with van der Waals surface area (Å²) in [5.74, 6) is -0.831. The van der Waals surface area contributed by atoms with Crippen LogP contribution in [-0.4, -0.2) is 20.8 Å². The van der Waals surface area contributed by atoms with Crippen LogP contribution in [0.1, 0.15) is 13.8 Å². The Morgan fingerprint density at radius 1 is 1.53 bits per heavy atom. The van der Waals surface area contributed by atoms with Gasteiger partial charge in [-0.15, -0.1) is 11.3 Å². The summed E-state index contributed by atoms with van der Waals surface area (Å²) in [6.07, 6.45) is 0. The fourth-order valence-electron chi connectivity index (χ4n) is 1.19. The van der Waals surface area contributed by atoms with Crippen molar-refractivity contribution in [3.63, 3.8) is 0 Å². The normalized spacial score (nSPS) is 11.9. The number of hydrogen-bond acceptors (Lipinski definition) is 4. The summed E-state index contributed by atoms with van der Waals surface area (Å²) in [6.45, 7) is 3.37. The van der Waals surface area contributed by atoms with Gasteiger partial charge >= 0.3 is 5.97 Å². The zero-order valence-corrected chi connectivity index (χ0v) is 12.4. The Labute approximate surface area is 115 Å². The van der Waals surface area contributed by atoms with E-state index in [4.69, 9.17) is 5.11 Å². The number of carboxylic acid groups (broad SMARTS) is 1. The molecular weight excluding hydrogens is 322 g/mol. The molecule has 3 nitrogen and oxygen atoms in total. The third kappa shape index (κ3) is 2.81. The Balaban J connectivity index is 2.34. The van der Waals surface area contributed by atoms with Crippen molar-refractivity contribution in [1.82, 2.24) is 4.98 Å². The van der Waals surface area contributed by atoms with Gasteiger partial charge in [0.2, 0.25) is 0 Å². The molecule has 6 heteroatoms. The van der Waals surface area contributed by atoms with E-state index in [-0.39, 0.29) is 0 Å². The molecular formula is C11H10BrNO2S2. The van der Waals surface area contributed by atoms with Gasteiger partial charge in [-0.1, -0.05) is 27.7 Å². The van der Waals surface area contributed by atoms with Gasteiger partial charge in [0.1, 0.15) is 4.75 Å². The Bertz CT molecular complexity index is 580. The average Bonchev–Trinajstić information content (AvgIpc) is 2.57. The fourth-order valence-corrected chi connectivity index (χ4v) is 3.94. The van der Waals surface area contributed by atoms with E-state index in [1.165, 1.54) is 23.1 Å². The number of thioether (sulfide) groups is 1. The van der Waals surface area contributed by atoms with Crippen LogP contribution in [0, 0.1) is 0 Å². The van der Waals surface area contributed by atoms with Crippen molar-refractivity contribution >= 4 is 55.2 Å². The third-order valence-corrected chi connectivity index (χ3v) is 4.96. The van der Waals surface area contributed by atoms with E-state index in [0.717, 1.165) is 19.0 Å². The van der Waals surface area contributed by atoms with Crippen molar-refractivity contribution in [2.75, 3.05) is 0 Å².